The van der Waals surface area contributed by atoms with E-state index < -0.39 is 11.7 Å². The van der Waals surface area contributed by atoms with Crippen molar-refractivity contribution in [3.63, 3.8) is 0 Å². The number of carbonyl (C=O) groups excluding carboxylic acids is 1. The van der Waals surface area contributed by atoms with Gasteiger partial charge in [-0.1, -0.05) is 6.42 Å². The minimum absolute atomic E-state index is 0.0151. The predicted octanol–water partition coefficient (Wildman–Crippen LogP) is 1.96. The molecule has 0 aliphatic heterocycles. The third-order valence-corrected chi connectivity index (χ3v) is 2.82. The van der Waals surface area contributed by atoms with Gasteiger partial charge in [-0.15, -0.1) is 0 Å². The van der Waals surface area contributed by atoms with Crippen LogP contribution in [0.2, 0.25) is 0 Å². The van der Waals surface area contributed by atoms with Crippen molar-refractivity contribution in [2.75, 3.05) is 6.54 Å². The first-order valence-electron chi connectivity index (χ1n) is 6.27. The van der Waals surface area contributed by atoms with Crippen LogP contribution in [0.4, 0.5) is 4.79 Å². The Labute approximate surface area is 103 Å². The second-order valence-electron chi connectivity index (χ2n) is 5.53. The van der Waals surface area contributed by atoms with Gasteiger partial charge in [0.05, 0.1) is 6.10 Å². The van der Waals surface area contributed by atoms with E-state index in [2.05, 4.69) is 5.48 Å². The summed E-state index contributed by atoms with van der Waals surface area (Å²) in [6.45, 7) is 6.01. The van der Waals surface area contributed by atoms with Crippen LogP contribution < -0.4 is 11.2 Å². The molecule has 1 rings (SSSR count). The maximum absolute atomic E-state index is 11.4. The van der Waals surface area contributed by atoms with E-state index in [-0.39, 0.29) is 6.10 Å². The lowest BCUT2D eigenvalue weighted by atomic mass is 9.80. The Morgan fingerprint density at radius 3 is 2.53 bits per heavy atom. The van der Waals surface area contributed by atoms with Crippen molar-refractivity contribution in [1.29, 1.82) is 0 Å². The number of amides is 1. The first kappa shape index (κ1) is 14.3. The van der Waals surface area contributed by atoms with Crippen molar-refractivity contribution < 1.29 is 14.4 Å². The fraction of sp³-hybridized carbons (Fsp3) is 0.917. The Kier molecular flexibility index (Phi) is 5.21. The second kappa shape index (κ2) is 6.21. The van der Waals surface area contributed by atoms with Crippen LogP contribution in [0.5, 0.6) is 0 Å². The molecule has 1 fully saturated rings. The molecule has 1 atom stereocenters. The van der Waals surface area contributed by atoms with Gasteiger partial charge < -0.3 is 10.5 Å². The predicted molar refractivity (Wildman–Crippen MR) is 65.3 cm³/mol. The van der Waals surface area contributed by atoms with E-state index in [1.54, 1.807) is 0 Å². The van der Waals surface area contributed by atoms with E-state index in [0.29, 0.717) is 12.5 Å². The van der Waals surface area contributed by atoms with Crippen LogP contribution in [0.25, 0.3) is 0 Å². The summed E-state index contributed by atoms with van der Waals surface area (Å²) in [5, 5.41) is 0. The minimum atomic E-state index is -0.543. The van der Waals surface area contributed by atoms with E-state index in [0.717, 1.165) is 19.3 Å². The molecule has 0 aromatic heterocycles. The topological polar surface area (TPSA) is 73.6 Å². The van der Waals surface area contributed by atoms with E-state index >= 15 is 0 Å². The first-order valence-corrected chi connectivity index (χ1v) is 6.27. The Hall–Kier alpha value is -0.810. The number of nitrogens with two attached hydrogens (primary N) is 1. The number of nitrogens with one attached hydrogen (secondary N) is 1. The van der Waals surface area contributed by atoms with Gasteiger partial charge in [-0.2, -0.15) is 5.48 Å². The van der Waals surface area contributed by atoms with E-state index in [9.17, 15) is 4.79 Å². The standard InChI is InChI=1S/C12H24N2O3/c1-12(2,3)16-11(15)14-17-10(7-8-13)9-5-4-6-9/h9-10H,4-8,13H2,1-3H3,(H,14,15). The molecule has 17 heavy (non-hydrogen) atoms. The van der Waals surface area contributed by atoms with Crippen LogP contribution in [0.15, 0.2) is 0 Å². The summed E-state index contributed by atoms with van der Waals surface area (Å²) in [4.78, 5) is 16.8. The quantitative estimate of drug-likeness (QED) is 0.725. The van der Waals surface area contributed by atoms with Crippen LogP contribution in [0.1, 0.15) is 46.5 Å². The molecule has 1 saturated carbocycles. The zero-order valence-electron chi connectivity index (χ0n) is 11.0. The zero-order valence-corrected chi connectivity index (χ0v) is 11.0. The summed E-state index contributed by atoms with van der Waals surface area (Å²) in [5.41, 5.74) is 7.38. The molecule has 0 saturated heterocycles. The highest BCUT2D eigenvalue weighted by atomic mass is 16.7. The number of hydrogen-bond donors (Lipinski definition) is 2. The van der Waals surface area contributed by atoms with Crippen molar-refractivity contribution in [1.82, 2.24) is 5.48 Å². The number of ether oxygens (including phenoxy) is 1. The SMILES string of the molecule is CC(C)(C)OC(=O)NOC(CCN)C1CCC1. The van der Waals surface area contributed by atoms with Crippen molar-refractivity contribution in [3.05, 3.63) is 0 Å². The van der Waals surface area contributed by atoms with Crippen molar-refractivity contribution >= 4 is 6.09 Å². The summed E-state index contributed by atoms with van der Waals surface area (Å²) >= 11 is 0. The largest absolute Gasteiger partial charge is 0.442 e. The normalized spacial score (nSPS) is 18.4. The van der Waals surface area contributed by atoms with Gasteiger partial charge in [0.15, 0.2) is 0 Å². The van der Waals surface area contributed by atoms with E-state index in [1.165, 1.54) is 6.42 Å². The van der Waals surface area contributed by atoms with Gasteiger partial charge >= 0.3 is 6.09 Å². The maximum atomic E-state index is 11.4. The lowest BCUT2D eigenvalue weighted by Crippen LogP contribution is -2.40. The molecule has 0 radical (unpaired) electrons. The summed E-state index contributed by atoms with van der Waals surface area (Å²) < 4.78 is 5.09. The monoisotopic (exact) mass is 244 g/mol. The lowest BCUT2D eigenvalue weighted by molar-refractivity contribution is -0.0787. The molecule has 5 nitrogen and oxygen atoms in total. The molecule has 0 aromatic rings. The second-order valence-corrected chi connectivity index (χ2v) is 5.53. The van der Waals surface area contributed by atoms with Crippen LogP contribution in [-0.2, 0) is 9.57 Å². The summed E-state index contributed by atoms with van der Waals surface area (Å²) in [6.07, 6.45) is 3.78. The zero-order chi connectivity index (χ0) is 12.9. The molecule has 0 heterocycles. The smallest absolute Gasteiger partial charge is 0.431 e. The van der Waals surface area contributed by atoms with Gasteiger partial charge in [0.25, 0.3) is 0 Å². The van der Waals surface area contributed by atoms with Gasteiger partial charge in [-0.05, 0) is 52.5 Å². The molecule has 0 spiro atoms. The van der Waals surface area contributed by atoms with Crippen LogP contribution in [-0.4, -0.2) is 24.3 Å². The molecule has 0 bridgehead atoms. The molecular formula is C12H24N2O3. The van der Waals surface area contributed by atoms with Crippen LogP contribution in [0.3, 0.4) is 0 Å². The number of rotatable bonds is 5. The van der Waals surface area contributed by atoms with Crippen molar-refractivity contribution in [2.24, 2.45) is 11.7 Å². The van der Waals surface area contributed by atoms with Gasteiger partial charge in [0.1, 0.15) is 5.60 Å². The Morgan fingerprint density at radius 2 is 2.12 bits per heavy atom. The molecule has 100 valence electrons. The summed E-state index contributed by atoms with van der Waals surface area (Å²) in [6, 6.07) is 0. The number of carbonyl (C=O) groups is 1. The molecule has 0 aromatic carbocycles. The fourth-order valence-electron chi connectivity index (χ4n) is 1.79. The van der Waals surface area contributed by atoms with Gasteiger partial charge in [-0.3, -0.25) is 4.84 Å². The lowest BCUT2D eigenvalue weighted by Gasteiger charge is -2.33. The third-order valence-electron chi connectivity index (χ3n) is 2.82. The Balaban J connectivity index is 2.28. The average molecular weight is 244 g/mol. The van der Waals surface area contributed by atoms with Crippen LogP contribution in [0, 0.1) is 5.92 Å². The summed E-state index contributed by atoms with van der Waals surface area (Å²) in [5.74, 6) is 0.522. The highest BCUT2D eigenvalue weighted by Gasteiger charge is 2.28. The van der Waals surface area contributed by atoms with Crippen molar-refractivity contribution in [2.45, 2.75) is 58.2 Å². The summed E-state index contributed by atoms with van der Waals surface area (Å²) in [7, 11) is 0. The van der Waals surface area contributed by atoms with Gasteiger partial charge in [0.2, 0.25) is 0 Å². The molecule has 1 unspecified atom stereocenters. The number of hydrogen-bond acceptors (Lipinski definition) is 4. The van der Waals surface area contributed by atoms with E-state index in [4.69, 9.17) is 15.3 Å². The molecule has 3 N–H and O–H groups in total. The molecule has 1 aliphatic rings. The Bertz CT molecular complexity index is 247. The third kappa shape index (κ3) is 5.37. The molecule has 5 heteroatoms. The first-order chi connectivity index (χ1) is 7.92. The number of hydroxylamine groups is 1. The van der Waals surface area contributed by atoms with Crippen LogP contribution >= 0.6 is 0 Å². The Morgan fingerprint density at radius 1 is 1.47 bits per heavy atom. The van der Waals surface area contributed by atoms with Gasteiger partial charge in [-0.25, -0.2) is 4.79 Å². The average Bonchev–Trinajstić information content (AvgIpc) is 2.08. The molecule has 1 amide bonds. The maximum Gasteiger partial charge on any atom is 0.431 e. The van der Waals surface area contributed by atoms with Crippen molar-refractivity contribution in [3.8, 4) is 0 Å². The highest BCUT2D eigenvalue weighted by Crippen LogP contribution is 2.32. The fourth-order valence-corrected chi connectivity index (χ4v) is 1.79. The highest BCUT2D eigenvalue weighted by molar-refractivity contribution is 5.66. The molecular weight excluding hydrogens is 220 g/mol. The minimum Gasteiger partial charge on any atom is -0.442 e. The molecule has 1 aliphatic carbocycles. The van der Waals surface area contributed by atoms with E-state index in [1.807, 2.05) is 20.8 Å². The van der Waals surface area contributed by atoms with Gasteiger partial charge in [0, 0.05) is 0 Å².